The van der Waals surface area contributed by atoms with Crippen LogP contribution in [0.4, 0.5) is 0 Å². The molecule has 5 heteroatoms. The Bertz CT molecular complexity index is 74.6. The average molecular weight is 175 g/mol. The second-order valence-corrected chi connectivity index (χ2v) is 2.13. The first kappa shape index (κ1) is 16.3. The molecule has 0 heterocycles. The van der Waals surface area contributed by atoms with Crippen molar-refractivity contribution >= 4 is 58.5 Å². The van der Waals surface area contributed by atoms with Gasteiger partial charge in [0.1, 0.15) is 0 Å². The summed E-state index contributed by atoms with van der Waals surface area (Å²) in [5.41, 5.74) is 0. The first-order valence-corrected chi connectivity index (χ1v) is 2.63. The van der Waals surface area contributed by atoms with Crippen LogP contribution in [0.2, 0.25) is 0 Å². The van der Waals surface area contributed by atoms with Crippen LogP contribution in [0.1, 0.15) is 13.8 Å². The molecule has 0 spiro atoms. The Hall–Kier alpha value is 0.546. The van der Waals surface area contributed by atoms with Gasteiger partial charge in [-0.15, -0.1) is 0 Å². The van der Waals surface area contributed by atoms with Crippen molar-refractivity contribution in [3.8, 4) is 0 Å². The van der Waals surface area contributed by atoms with Gasteiger partial charge in [0.05, 0.1) is 0 Å². The van der Waals surface area contributed by atoms with E-state index in [0.29, 0.717) is 0 Å². The van der Waals surface area contributed by atoms with Gasteiger partial charge in [-0.3, -0.25) is 0 Å². The number of hydrogen-bond donors (Lipinski definition) is 0. The van der Waals surface area contributed by atoms with E-state index in [4.69, 9.17) is 0 Å². The fraction of sp³-hybridized carbons (Fsp3) is 0.500. The Morgan fingerprint density at radius 1 is 1.00 bits per heavy atom. The van der Waals surface area contributed by atoms with Crippen molar-refractivity contribution in [3.63, 3.8) is 0 Å². The van der Waals surface area contributed by atoms with Crippen LogP contribution in [0.15, 0.2) is 0 Å². The predicted molar refractivity (Wildman–Crippen MR) is 41.8 cm³/mol. The van der Waals surface area contributed by atoms with Crippen LogP contribution in [-0.2, 0) is 34.8 Å². The van der Waals surface area contributed by atoms with E-state index < -0.39 is 0 Å². The first-order chi connectivity index (χ1) is 3.46. The van der Waals surface area contributed by atoms with Crippen LogP contribution in [-0.4, -0.2) is 33.3 Å². The summed E-state index contributed by atoms with van der Waals surface area (Å²) in [6, 6.07) is 0. The van der Waals surface area contributed by atoms with Crippen LogP contribution in [0.25, 0.3) is 0 Å². The zero-order valence-electron chi connectivity index (χ0n) is 5.34. The summed E-state index contributed by atoms with van der Waals surface area (Å²) in [6.45, 7) is 2.69. The summed E-state index contributed by atoms with van der Waals surface area (Å²) in [4.78, 5) is 18.5. The van der Waals surface area contributed by atoms with Gasteiger partial charge in [0, 0.05) is 10.2 Å². The molecule has 2 nitrogen and oxygen atoms in total. The molecule has 0 aliphatic carbocycles. The standard InChI is InChI=1S/2C2H4OS.Mg/c2*1-2(3)4;/h2*1H3,(H,3,4);/q;;+2/p-2. The van der Waals surface area contributed by atoms with Crippen molar-refractivity contribution in [2.45, 2.75) is 13.8 Å². The molecule has 0 radical (unpaired) electrons. The van der Waals surface area contributed by atoms with Crippen molar-refractivity contribution in [2.24, 2.45) is 0 Å². The number of hydrogen-bond acceptors (Lipinski definition) is 4. The van der Waals surface area contributed by atoms with Crippen molar-refractivity contribution in [3.05, 3.63) is 0 Å². The summed E-state index contributed by atoms with van der Waals surface area (Å²) in [5, 5.41) is -0.500. The third kappa shape index (κ3) is 1230. The molecule has 0 amide bonds. The molecule has 0 aromatic heterocycles. The minimum atomic E-state index is -0.250. The molecule has 0 aliphatic heterocycles. The van der Waals surface area contributed by atoms with Gasteiger partial charge in [-0.2, -0.15) is 0 Å². The molecule has 0 bridgehead atoms. The maximum absolute atomic E-state index is 9.26. The molecule has 0 saturated carbocycles. The third-order valence-corrected chi connectivity index (χ3v) is 0. The molecule has 0 aromatic carbocycles. The number of carbonyl (C=O) groups is 2. The Kier molecular flexibility index (Phi) is 20.5. The number of rotatable bonds is 0. The molecular formula is C4H6MgO2S2. The second-order valence-electron chi connectivity index (χ2n) is 0.983. The summed E-state index contributed by atoms with van der Waals surface area (Å²) < 4.78 is 0. The van der Waals surface area contributed by atoms with E-state index in [1.54, 1.807) is 0 Å². The molecule has 48 valence electrons. The maximum Gasteiger partial charge on any atom is 2.00 e. The SMILES string of the molecule is CC(=O)[S-].CC(=O)[S-].[Mg+2]. The van der Waals surface area contributed by atoms with E-state index in [-0.39, 0.29) is 33.3 Å². The first-order valence-electron chi connectivity index (χ1n) is 1.82. The van der Waals surface area contributed by atoms with E-state index >= 15 is 0 Å². The molecule has 9 heavy (non-hydrogen) atoms. The third-order valence-electron chi connectivity index (χ3n) is 0. The van der Waals surface area contributed by atoms with Crippen molar-refractivity contribution in [1.82, 2.24) is 0 Å². The van der Waals surface area contributed by atoms with Crippen molar-refractivity contribution < 1.29 is 9.59 Å². The zero-order chi connectivity index (χ0) is 7.15. The fourth-order valence-electron chi connectivity index (χ4n) is 0. The average Bonchev–Trinajstić information content (AvgIpc) is 1.25. The Labute approximate surface area is 81.7 Å². The Morgan fingerprint density at radius 2 is 1.00 bits per heavy atom. The van der Waals surface area contributed by atoms with Crippen LogP contribution >= 0.6 is 0 Å². The predicted octanol–water partition coefficient (Wildman–Crippen LogP) is -0.221. The van der Waals surface area contributed by atoms with E-state index in [1.165, 1.54) is 13.8 Å². The van der Waals surface area contributed by atoms with Gasteiger partial charge in [0.15, 0.2) is 0 Å². The van der Waals surface area contributed by atoms with Gasteiger partial charge in [-0.05, 0) is 13.8 Å². The monoisotopic (exact) mass is 174 g/mol. The van der Waals surface area contributed by atoms with Crippen LogP contribution in [0.3, 0.4) is 0 Å². The maximum atomic E-state index is 9.26. The Balaban J connectivity index is -0.0000000720. The van der Waals surface area contributed by atoms with Gasteiger partial charge in [-0.1, -0.05) is 0 Å². The second kappa shape index (κ2) is 11.4. The van der Waals surface area contributed by atoms with Gasteiger partial charge < -0.3 is 34.8 Å². The molecule has 0 aliphatic rings. The van der Waals surface area contributed by atoms with E-state index in [9.17, 15) is 9.59 Å². The summed E-state index contributed by atoms with van der Waals surface area (Å²) >= 11 is 7.96. The molecule has 0 aromatic rings. The Morgan fingerprint density at radius 3 is 1.00 bits per heavy atom. The summed E-state index contributed by atoms with van der Waals surface area (Å²) in [6.07, 6.45) is 0. The topological polar surface area (TPSA) is 34.1 Å². The van der Waals surface area contributed by atoms with Gasteiger partial charge in [0.2, 0.25) is 0 Å². The molecule has 0 atom stereocenters. The molecular weight excluding hydrogens is 168 g/mol. The largest absolute Gasteiger partial charge is 2.00 e. The number of carbonyl (C=O) groups excluding carboxylic acids is 2. The molecule has 0 fully saturated rings. The van der Waals surface area contributed by atoms with E-state index in [2.05, 4.69) is 25.3 Å². The van der Waals surface area contributed by atoms with Crippen LogP contribution in [0, 0.1) is 0 Å². The van der Waals surface area contributed by atoms with Crippen LogP contribution in [0.5, 0.6) is 0 Å². The minimum Gasteiger partial charge on any atom is -0.742 e. The molecule has 0 rings (SSSR count). The molecule has 0 saturated heterocycles. The van der Waals surface area contributed by atoms with Gasteiger partial charge >= 0.3 is 23.1 Å². The van der Waals surface area contributed by atoms with E-state index in [1.807, 2.05) is 0 Å². The molecule has 0 N–H and O–H groups in total. The quantitative estimate of drug-likeness (QED) is 0.376. The molecule has 0 unspecified atom stereocenters. The van der Waals surface area contributed by atoms with Crippen LogP contribution < -0.4 is 0 Å². The smallest absolute Gasteiger partial charge is 0.742 e. The summed E-state index contributed by atoms with van der Waals surface area (Å²) in [7, 11) is 0. The normalized spacial score (nSPS) is 5.56. The van der Waals surface area contributed by atoms with Crippen molar-refractivity contribution in [1.29, 1.82) is 0 Å². The van der Waals surface area contributed by atoms with E-state index in [0.717, 1.165) is 0 Å². The van der Waals surface area contributed by atoms with Gasteiger partial charge in [-0.25, -0.2) is 0 Å². The summed E-state index contributed by atoms with van der Waals surface area (Å²) in [5.74, 6) is 0. The van der Waals surface area contributed by atoms with Crippen molar-refractivity contribution in [2.75, 3.05) is 0 Å². The van der Waals surface area contributed by atoms with Gasteiger partial charge in [0.25, 0.3) is 0 Å². The zero-order valence-corrected chi connectivity index (χ0v) is 8.39. The fourth-order valence-corrected chi connectivity index (χ4v) is 0. The minimum absolute atomic E-state index is 0.